The number of carbonyl (C=O) groups is 1. The van der Waals surface area contributed by atoms with Gasteiger partial charge in [0.15, 0.2) is 5.82 Å². The van der Waals surface area contributed by atoms with Crippen LogP contribution in [-0.4, -0.2) is 44.6 Å². The van der Waals surface area contributed by atoms with E-state index in [1.54, 1.807) is 19.5 Å². The number of pyridine rings is 1. The van der Waals surface area contributed by atoms with E-state index in [0.29, 0.717) is 11.3 Å². The van der Waals surface area contributed by atoms with Gasteiger partial charge in [-0.15, -0.1) is 0 Å². The van der Waals surface area contributed by atoms with Gasteiger partial charge in [0.25, 0.3) is 0 Å². The van der Waals surface area contributed by atoms with Crippen molar-refractivity contribution in [1.29, 1.82) is 0 Å². The maximum atomic E-state index is 13.3. The maximum Gasteiger partial charge on any atom is 0.207 e. The minimum Gasteiger partial charge on any atom is -0.384 e. The zero-order valence-electron chi connectivity index (χ0n) is 17.2. The Morgan fingerprint density at radius 2 is 1.94 bits per heavy atom. The first-order valence-corrected chi connectivity index (χ1v) is 10.0. The van der Waals surface area contributed by atoms with Crippen molar-refractivity contribution < 1.29 is 9.53 Å². The second-order valence-electron chi connectivity index (χ2n) is 7.59. The lowest BCUT2D eigenvalue weighted by Gasteiger charge is -2.14. The maximum absolute atomic E-state index is 13.3. The van der Waals surface area contributed by atoms with Gasteiger partial charge < -0.3 is 9.72 Å². The molecule has 0 unspecified atom stereocenters. The number of ketones is 1. The normalized spacial score (nSPS) is 12.5. The molecular formula is C24H21N5O2. The van der Waals surface area contributed by atoms with E-state index in [1.807, 2.05) is 55.5 Å². The van der Waals surface area contributed by atoms with Crippen molar-refractivity contribution in [1.82, 2.24) is 25.1 Å². The van der Waals surface area contributed by atoms with E-state index in [0.717, 1.165) is 38.8 Å². The average Bonchev–Trinajstić information content (AvgIpc) is 3.39. The second-order valence-corrected chi connectivity index (χ2v) is 7.59. The highest BCUT2D eigenvalue weighted by Gasteiger charge is 2.25. The second kappa shape index (κ2) is 7.77. The monoisotopic (exact) mass is 411 g/mol. The molecule has 0 aliphatic rings. The molecule has 0 saturated carbocycles. The molecule has 0 amide bonds. The Morgan fingerprint density at radius 3 is 2.71 bits per heavy atom. The lowest BCUT2D eigenvalue weighted by Crippen LogP contribution is -2.19. The van der Waals surface area contributed by atoms with Crippen LogP contribution in [0, 0.1) is 6.92 Å². The fourth-order valence-corrected chi connectivity index (χ4v) is 3.91. The lowest BCUT2D eigenvalue weighted by atomic mass is 9.94. The summed E-state index contributed by atoms with van der Waals surface area (Å²) in [5.74, 6) is -0.200. The van der Waals surface area contributed by atoms with Crippen LogP contribution < -0.4 is 0 Å². The molecule has 7 heteroatoms. The molecule has 31 heavy (non-hydrogen) atoms. The highest BCUT2D eigenvalue weighted by atomic mass is 16.5. The summed E-state index contributed by atoms with van der Waals surface area (Å²) in [6, 6.07) is 15.6. The van der Waals surface area contributed by atoms with Gasteiger partial charge >= 0.3 is 0 Å². The summed E-state index contributed by atoms with van der Waals surface area (Å²) in [5.41, 5.74) is 6.17. The number of fused-ring (bicyclic) bond motifs is 2. The highest BCUT2D eigenvalue weighted by Crippen LogP contribution is 2.30. The Kier molecular flexibility index (Phi) is 4.80. The van der Waals surface area contributed by atoms with Crippen molar-refractivity contribution in [3.8, 4) is 11.3 Å². The van der Waals surface area contributed by atoms with E-state index in [-0.39, 0.29) is 12.4 Å². The van der Waals surface area contributed by atoms with Gasteiger partial charge in [0.2, 0.25) is 5.78 Å². The van der Waals surface area contributed by atoms with Crippen LogP contribution in [0.1, 0.15) is 27.7 Å². The number of ether oxygens (including phenoxy) is 1. The molecule has 7 nitrogen and oxygen atoms in total. The van der Waals surface area contributed by atoms with E-state index >= 15 is 0 Å². The number of aromatic nitrogens is 5. The summed E-state index contributed by atoms with van der Waals surface area (Å²) in [6.07, 6.45) is 3.47. The Hall–Kier alpha value is -3.84. The Morgan fingerprint density at radius 1 is 1.10 bits per heavy atom. The molecule has 2 aromatic carbocycles. The molecule has 0 bridgehead atoms. The number of carbonyl (C=O) groups excluding carboxylic acids is 1. The van der Waals surface area contributed by atoms with Gasteiger partial charge in [-0.3, -0.25) is 14.9 Å². The number of hydrogen-bond acceptors (Lipinski definition) is 5. The minimum atomic E-state index is -0.427. The van der Waals surface area contributed by atoms with E-state index in [9.17, 15) is 4.79 Å². The quantitative estimate of drug-likeness (QED) is 0.403. The van der Waals surface area contributed by atoms with Crippen LogP contribution in [0.2, 0.25) is 0 Å². The van der Waals surface area contributed by atoms with Crippen molar-refractivity contribution in [2.75, 3.05) is 13.7 Å². The molecular weight excluding hydrogens is 390 g/mol. The number of nitrogens with zero attached hydrogens (tertiary/aromatic N) is 3. The highest BCUT2D eigenvalue weighted by molar-refractivity contribution is 6.04. The molecule has 2 N–H and O–H groups in total. The minimum absolute atomic E-state index is 0.0974. The van der Waals surface area contributed by atoms with Crippen LogP contribution in [0.3, 0.4) is 0 Å². The zero-order valence-corrected chi connectivity index (χ0v) is 17.2. The molecule has 1 atom stereocenters. The molecule has 0 fully saturated rings. The number of imidazole rings is 1. The van der Waals surface area contributed by atoms with Crippen LogP contribution in [-0.2, 0) is 4.74 Å². The SMILES string of the molecule is COC[C@@H](C(=O)c1nc2cc3c(-c4ccncc4)n[nH]c3cc2[nH]1)c1cccc(C)c1. The molecule has 5 rings (SSSR count). The van der Waals surface area contributed by atoms with Crippen molar-refractivity contribution in [2.24, 2.45) is 0 Å². The van der Waals surface area contributed by atoms with Crippen LogP contribution in [0.25, 0.3) is 33.2 Å². The average molecular weight is 411 g/mol. The van der Waals surface area contributed by atoms with Crippen molar-refractivity contribution in [2.45, 2.75) is 12.8 Å². The summed E-state index contributed by atoms with van der Waals surface area (Å²) in [4.78, 5) is 25.2. The number of benzene rings is 2. The number of Topliss-reactive ketones (excluding diaryl/α,β-unsaturated/α-hetero) is 1. The third-order valence-corrected chi connectivity index (χ3v) is 5.45. The zero-order chi connectivity index (χ0) is 21.4. The van der Waals surface area contributed by atoms with Crippen LogP contribution in [0.15, 0.2) is 60.9 Å². The standard InChI is InChI=1S/C24H21N5O2/c1-14-4-3-5-16(10-14)18(13-31-2)23(30)24-26-20-11-17-19(12-21(20)27-24)28-29-22(17)15-6-8-25-9-7-15/h3-12,18H,13H2,1-2H3,(H,26,27)(H,28,29)/t18-/m1/s1. The topological polar surface area (TPSA) is 96.5 Å². The number of aromatic amines is 2. The first-order valence-electron chi connectivity index (χ1n) is 10.0. The van der Waals surface area contributed by atoms with E-state index in [1.165, 1.54) is 0 Å². The molecule has 0 spiro atoms. The molecule has 0 aliphatic heterocycles. The Bertz CT molecular complexity index is 1390. The molecule has 154 valence electrons. The third kappa shape index (κ3) is 3.49. The number of rotatable bonds is 6. The number of hydrogen-bond donors (Lipinski definition) is 2. The molecule has 3 heterocycles. The van der Waals surface area contributed by atoms with E-state index in [2.05, 4.69) is 25.1 Å². The smallest absolute Gasteiger partial charge is 0.207 e. The largest absolute Gasteiger partial charge is 0.384 e. The van der Waals surface area contributed by atoms with Crippen LogP contribution in [0.5, 0.6) is 0 Å². The third-order valence-electron chi connectivity index (χ3n) is 5.45. The van der Waals surface area contributed by atoms with Crippen LogP contribution in [0.4, 0.5) is 0 Å². The van der Waals surface area contributed by atoms with Crippen molar-refractivity contribution in [3.05, 3.63) is 77.9 Å². The van der Waals surface area contributed by atoms with Crippen molar-refractivity contribution in [3.63, 3.8) is 0 Å². The Labute approximate surface area is 178 Å². The molecule has 0 radical (unpaired) electrons. The lowest BCUT2D eigenvalue weighted by molar-refractivity contribution is 0.0879. The predicted octanol–water partition coefficient (Wildman–Crippen LogP) is 4.42. The number of methoxy groups -OCH3 is 1. The van der Waals surface area contributed by atoms with Gasteiger partial charge in [-0.25, -0.2) is 4.98 Å². The van der Waals surface area contributed by atoms with Gasteiger partial charge in [-0.05, 0) is 36.8 Å². The van der Waals surface area contributed by atoms with E-state index in [4.69, 9.17) is 4.74 Å². The summed E-state index contributed by atoms with van der Waals surface area (Å²) < 4.78 is 5.35. The summed E-state index contributed by atoms with van der Waals surface area (Å²) >= 11 is 0. The number of nitrogens with one attached hydrogen (secondary N) is 2. The number of H-pyrrole nitrogens is 2. The summed E-state index contributed by atoms with van der Waals surface area (Å²) in [7, 11) is 1.60. The van der Waals surface area contributed by atoms with Crippen LogP contribution >= 0.6 is 0 Å². The van der Waals surface area contributed by atoms with E-state index < -0.39 is 5.92 Å². The van der Waals surface area contributed by atoms with Crippen molar-refractivity contribution >= 4 is 27.7 Å². The van der Waals surface area contributed by atoms with Gasteiger partial charge in [-0.2, -0.15) is 5.10 Å². The summed E-state index contributed by atoms with van der Waals surface area (Å²) in [5, 5.41) is 8.46. The Balaban J connectivity index is 1.56. The van der Waals surface area contributed by atoms with Gasteiger partial charge in [-0.1, -0.05) is 29.8 Å². The van der Waals surface area contributed by atoms with Gasteiger partial charge in [0.1, 0.15) is 5.69 Å². The number of aryl methyl sites for hydroxylation is 1. The molecule has 0 aliphatic carbocycles. The van der Waals surface area contributed by atoms with Gasteiger partial charge in [0, 0.05) is 30.5 Å². The molecule has 3 aromatic heterocycles. The summed E-state index contributed by atoms with van der Waals surface area (Å²) in [6.45, 7) is 2.30. The first kappa shape index (κ1) is 19.1. The predicted molar refractivity (Wildman–Crippen MR) is 119 cm³/mol. The van der Waals surface area contributed by atoms with Gasteiger partial charge in [0.05, 0.1) is 29.1 Å². The molecule has 5 aromatic rings. The molecule has 0 saturated heterocycles. The fourth-order valence-electron chi connectivity index (χ4n) is 3.91. The first-order chi connectivity index (χ1) is 15.1. The fraction of sp³-hybridized carbons (Fsp3) is 0.167.